The number of hydrogen-bond donors (Lipinski definition) is 1. The lowest BCUT2D eigenvalue weighted by molar-refractivity contribution is -0.137. The van der Waals surface area contributed by atoms with Gasteiger partial charge in [-0.1, -0.05) is 12.0 Å². The summed E-state index contributed by atoms with van der Waals surface area (Å²) in [6.45, 7) is 1.15. The summed E-state index contributed by atoms with van der Waals surface area (Å²) < 4.78 is 31.9. The Bertz CT molecular complexity index is 900. The van der Waals surface area contributed by atoms with Gasteiger partial charge in [0.1, 0.15) is 18.9 Å². The summed E-state index contributed by atoms with van der Waals surface area (Å²) in [5.74, 6) is 4.67. The zero-order valence-electron chi connectivity index (χ0n) is 14.1. The summed E-state index contributed by atoms with van der Waals surface area (Å²) in [4.78, 5) is 15.0. The topological polar surface area (TPSA) is 96.8 Å². The Hall–Kier alpha value is -2.89. The van der Waals surface area contributed by atoms with Crippen LogP contribution in [0.15, 0.2) is 53.7 Å². The van der Waals surface area contributed by atoms with E-state index in [-0.39, 0.29) is 18.0 Å². The Balaban J connectivity index is 2.24. The molecule has 0 radical (unpaired) electrons. The number of hydrogen-bond acceptors (Lipinski definition) is 5. The molecule has 1 aromatic carbocycles. The van der Waals surface area contributed by atoms with Crippen LogP contribution in [0, 0.1) is 11.8 Å². The monoisotopic (exact) mass is 374 g/mol. The van der Waals surface area contributed by atoms with Crippen molar-refractivity contribution in [1.82, 2.24) is 9.29 Å². The molecule has 0 saturated heterocycles. The van der Waals surface area contributed by atoms with Gasteiger partial charge in [0.05, 0.1) is 4.90 Å². The molecular weight excluding hydrogens is 356 g/mol. The second kappa shape index (κ2) is 8.99. The number of aliphatic carboxylic acids is 1. The molecule has 0 saturated carbocycles. The number of aromatic nitrogens is 1. The fourth-order valence-corrected chi connectivity index (χ4v) is 3.50. The van der Waals surface area contributed by atoms with E-state index < -0.39 is 22.5 Å². The summed E-state index contributed by atoms with van der Waals surface area (Å²) in [7, 11) is -4.00. The number of benzene rings is 1. The maximum absolute atomic E-state index is 12.8. The van der Waals surface area contributed by atoms with Crippen LogP contribution in [0.3, 0.4) is 0 Å². The average molecular weight is 374 g/mol. The fourth-order valence-electron chi connectivity index (χ4n) is 2.12. The Kier molecular flexibility index (Phi) is 6.72. The van der Waals surface area contributed by atoms with Gasteiger partial charge in [-0.25, -0.2) is 8.42 Å². The molecule has 0 fully saturated rings. The highest BCUT2D eigenvalue weighted by Gasteiger charge is 2.26. The minimum absolute atomic E-state index is 0.0171. The van der Waals surface area contributed by atoms with Crippen molar-refractivity contribution in [2.75, 3.05) is 13.2 Å². The molecule has 0 aliphatic rings. The van der Waals surface area contributed by atoms with Gasteiger partial charge in [-0.2, -0.15) is 4.31 Å². The molecule has 0 bridgehead atoms. The van der Waals surface area contributed by atoms with Crippen molar-refractivity contribution in [3.05, 3.63) is 54.4 Å². The smallest absolute Gasteiger partial charge is 0.318 e. The second-order valence-electron chi connectivity index (χ2n) is 5.21. The molecule has 1 N–H and O–H groups in total. The van der Waals surface area contributed by atoms with E-state index in [0.717, 1.165) is 4.31 Å². The normalized spacial score (nSPS) is 10.8. The Labute approximate surface area is 152 Å². The summed E-state index contributed by atoms with van der Waals surface area (Å²) in [5.41, 5.74) is 0.593. The van der Waals surface area contributed by atoms with Crippen LogP contribution in [0.5, 0.6) is 5.75 Å². The molecule has 136 valence electrons. The average Bonchev–Trinajstić information content (AvgIpc) is 2.62. The second-order valence-corrected chi connectivity index (χ2v) is 7.15. The molecule has 0 amide bonds. The van der Waals surface area contributed by atoms with Gasteiger partial charge in [-0.15, -0.1) is 5.92 Å². The highest BCUT2D eigenvalue weighted by atomic mass is 32.2. The maximum atomic E-state index is 12.8. The number of nitrogens with zero attached hydrogens (tertiary/aromatic N) is 2. The minimum Gasteiger partial charge on any atom is -0.481 e. The summed E-state index contributed by atoms with van der Waals surface area (Å²) in [5, 5.41) is 9.08. The molecule has 0 unspecified atom stereocenters. The van der Waals surface area contributed by atoms with Gasteiger partial charge in [0, 0.05) is 18.9 Å². The summed E-state index contributed by atoms with van der Waals surface area (Å²) in [6, 6.07) is 9.11. The van der Waals surface area contributed by atoms with E-state index in [1.807, 2.05) is 0 Å². The van der Waals surface area contributed by atoms with E-state index in [0.29, 0.717) is 11.3 Å². The van der Waals surface area contributed by atoms with Gasteiger partial charge in [0.2, 0.25) is 10.0 Å². The van der Waals surface area contributed by atoms with Crippen molar-refractivity contribution in [1.29, 1.82) is 0 Å². The number of rotatable bonds is 8. The standard InChI is InChI=1S/C18H18N2O5S/c1-2-3-11-25-16-6-8-17(9-7-16)26(23,24)20(14-18(21)22)13-15-5-4-10-19-12-15/h4-10,12H,11,13-14H2,1H3,(H,21,22). The van der Waals surface area contributed by atoms with Crippen LogP contribution in [0.4, 0.5) is 0 Å². The number of ether oxygens (including phenoxy) is 1. The number of pyridine rings is 1. The number of carbonyl (C=O) groups is 1. The van der Waals surface area contributed by atoms with Crippen LogP contribution in [-0.4, -0.2) is 41.9 Å². The molecule has 0 aliphatic heterocycles. The van der Waals surface area contributed by atoms with Crippen LogP contribution >= 0.6 is 0 Å². The largest absolute Gasteiger partial charge is 0.481 e. The third-order valence-electron chi connectivity index (χ3n) is 3.34. The van der Waals surface area contributed by atoms with Crippen molar-refractivity contribution in [2.45, 2.75) is 18.4 Å². The lowest BCUT2D eigenvalue weighted by atomic mass is 10.3. The fraction of sp³-hybridized carbons (Fsp3) is 0.222. The van der Waals surface area contributed by atoms with Gasteiger partial charge >= 0.3 is 5.97 Å². The molecule has 26 heavy (non-hydrogen) atoms. The Morgan fingerprint density at radius 1 is 1.27 bits per heavy atom. The van der Waals surface area contributed by atoms with Crippen molar-refractivity contribution < 1.29 is 23.1 Å². The first-order chi connectivity index (χ1) is 12.4. The minimum atomic E-state index is -4.00. The molecule has 8 heteroatoms. The SMILES string of the molecule is CC#CCOc1ccc(S(=O)(=O)N(CC(=O)O)Cc2cccnc2)cc1. The molecule has 0 atom stereocenters. The molecule has 7 nitrogen and oxygen atoms in total. The molecule has 2 rings (SSSR count). The van der Waals surface area contributed by atoms with Gasteiger partial charge in [0.15, 0.2) is 0 Å². The van der Waals surface area contributed by atoms with Crippen LogP contribution in [-0.2, 0) is 21.4 Å². The molecule has 0 spiro atoms. The quantitative estimate of drug-likeness (QED) is 0.707. The zero-order valence-corrected chi connectivity index (χ0v) is 14.9. The van der Waals surface area contributed by atoms with E-state index in [4.69, 9.17) is 9.84 Å². The van der Waals surface area contributed by atoms with E-state index in [1.54, 1.807) is 25.3 Å². The predicted octanol–water partition coefficient (Wildman–Crippen LogP) is 1.76. The number of carboxylic acids is 1. The Morgan fingerprint density at radius 3 is 2.58 bits per heavy atom. The highest BCUT2D eigenvalue weighted by Crippen LogP contribution is 2.21. The van der Waals surface area contributed by atoms with Crippen molar-refractivity contribution in [3.8, 4) is 17.6 Å². The first-order valence-corrected chi connectivity index (χ1v) is 9.11. The summed E-state index contributed by atoms with van der Waals surface area (Å²) >= 11 is 0. The number of sulfonamides is 1. The van der Waals surface area contributed by atoms with Crippen LogP contribution in [0.2, 0.25) is 0 Å². The first-order valence-electron chi connectivity index (χ1n) is 7.67. The van der Waals surface area contributed by atoms with Crippen molar-refractivity contribution in [3.63, 3.8) is 0 Å². The molecular formula is C18H18N2O5S. The third-order valence-corrected chi connectivity index (χ3v) is 5.15. The zero-order chi connectivity index (χ0) is 19.0. The van der Waals surface area contributed by atoms with Crippen LogP contribution in [0.1, 0.15) is 12.5 Å². The molecule has 2 aromatic rings. The molecule has 0 aliphatic carbocycles. The van der Waals surface area contributed by atoms with Crippen LogP contribution < -0.4 is 4.74 Å². The van der Waals surface area contributed by atoms with Crippen molar-refractivity contribution >= 4 is 16.0 Å². The van der Waals surface area contributed by atoms with E-state index in [9.17, 15) is 13.2 Å². The van der Waals surface area contributed by atoms with Gasteiger partial charge < -0.3 is 9.84 Å². The van der Waals surface area contributed by atoms with Gasteiger partial charge in [-0.05, 0) is 42.8 Å². The predicted molar refractivity (Wildman–Crippen MR) is 94.9 cm³/mol. The number of carboxylic acid groups (broad SMARTS) is 1. The van der Waals surface area contributed by atoms with Gasteiger partial charge in [-0.3, -0.25) is 9.78 Å². The van der Waals surface area contributed by atoms with E-state index >= 15 is 0 Å². The Morgan fingerprint density at radius 2 is 2.00 bits per heavy atom. The molecule has 1 heterocycles. The highest BCUT2D eigenvalue weighted by molar-refractivity contribution is 7.89. The van der Waals surface area contributed by atoms with Crippen molar-refractivity contribution in [2.24, 2.45) is 0 Å². The molecule has 1 aromatic heterocycles. The summed E-state index contributed by atoms with van der Waals surface area (Å²) in [6.07, 6.45) is 3.05. The van der Waals surface area contributed by atoms with Crippen LogP contribution in [0.25, 0.3) is 0 Å². The lowest BCUT2D eigenvalue weighted by Crippen LogP contribution is -2.35. The first kappa shape index (κ1) is 19.4. The third kappa shape index (κ3) is 5.31. The lowest BCUT2D eigenvalue weighted by Gasteiger charge is -2.20. The van der Waals surface area contributed by atoms with E-state index in [2.05, 4.69) is 16.8 Å². The van der Waals surface area contributed by atoms with E-state index in [1.165, 1.54) is 30.5 Å². The maximum Gasteiger partial charge on any atom is 0.318 e. The van der Waals surface area contributed by atoms with Gasteiger partial charge in [0.25, 0.3) is 0 Å².